The maximum absolute atomic E-state index is 4.46. The van der Waals surface area contributed by atoms with Crippen LogP contribution in [-0.4, -0.2) is 20.4 Å². The molecular formula is C23H23N5. The van der Waals surface area contributed by atoms with Crippen LogP contribution in [0, 0.1) is 0 Å². The first-order valence-electron chi connectivity index (χ1n) is 9.82. The highest BCUT2D eigenvalue weighted by Gasteiger charge is 2.18. The number of benzene rings is 2. The maximum Gasteiger partial charge on any atom is 0.0794 e. The molecule has 2 aromatic heterocycles. The van der Waals surface area contributed by atoms with E-state index in [-0.39, 0.29) is 0 Å². The number of hydrogen-bond acceptors (Lipinski definition) is 3. The lowest BCUT2D eigenvalue weighted by Gasteiger charge is -2.07. The highest BCUT2D eigenvalue weighted by Crippen LogP contribution is 2.26. The van der Waals surface area contributed by atoms with Crippen molar-refractivity contribution in [2.24, 2.45) is 0 Å². The zero-order valence-corrected chi connectivity index (χ0v) is 15.7. The van der Waals surface area contributed by atoms with Gasteiger partial charge in [-0.05, 0) is 41.5 Å². The first kappa shape index (κ1) is 17.0. The number of nitrogens with zero attached hydrogens (tertiary/aromatic N) is 2. The van der Waals surface area contributed by atoms with Gasteiger partial charge in [-0.3, -0.25) is 10.2 Å². The molecule has 3 N–H and O–H groups in total. The van der Waals surface area contributed by atoms with Gasteiger partial charge < -0.3 is 5.32 Å². The minimum atomic E-state index is 0.758. The molecule has 2 heterocycles. The molecule has 0 saturated heterocycles. The molecule has 0 bridgehead atoms. The van der Waals surface area contributed by atoms with Crippen LogP contribution in [-0.2, 0) is 25.9 Å². The van der Waals surface area contributed by atoms with E-state index < -0.39 is 0 Å². The quantitative estimate of drug-likeness (QED) is 0.476. The van der Waals surface area contributed by atoms with Crippen LogP contribution < -0.4 is 5.32 Å². The Kier molecular flexibility index (Phi) is 4.51. The van der Waals surface area contributed by atoms with Crippen LogP contribution in [0.1, 0.15) is 28.9 Å². The molecule has 1 aliphatic rings. The molecule has 5 nitrogen and oxygen atoms in total. The molecule has 28 heavy (non-hydrogen) atoms. The Morgan fingerprint density at radius 1 is 0.821 bits per heavy atom. The number of hydrogen-bond donors (Lipinski definition) is 3. The van der Waals surface area contributed by atoms with E-state index in [0.717, 1.165) is 42.9 Å². The molecule has 0 unspecified atom stereocenters. The second-order valence-electron chi connectivity index (χ2n) is 7.30. The second kappa shape index (κ2) is 7.44. The molecule has 0 radical (unpaired) electrons. The molecule has 4 aromatic rings. The van der Waals surface area contributed by atoms with Gasteiger partial charge in [0.2, 0.25) is 0 Å². The molecule has 0 amide bonds. The van der Waals surface area contributed by atoms with E-state index in [1.54, 1.807) is 0 Å². The third kappa shape index (κ3) is 3.25. The van der Waals surface area contributed by atoms with Gasteiger partial charge >= 0.3 is 0 Å². The number of H-pyrrole nitrogens is 2. The zero-order chi connectivity index (χ0) is 18.8. The lowest BCUT2D eigenvalue weighted by molar-refractivity contribution is 0.670. The van der Waals surface area contributed by atoms with Crippen molar-refractivity contribution in [3.05, 3.63) is 83.3 Å². The van der Waals surface area contributed by atoms with Crippen molar-refractivity contribution in [1.29, 1.82) is 0 Å². The van der Waals surface area contributed by atoms with E-state index in [1.165, 1.54) is 34.4 Å². The van der Waals surface area contributed by atoms with Crippen molar-refractivity contribution in [3.8, 4) is 22.4 Å². The molecule has 0 aliphatic heterocycles. The normalized spacial score (nSPS) is 13.0. The van der Waals surface area contributed by atoms with Crippen LogP contribution in [0.3, 0.4) is 0 Å². The topological polar surface area (TPSA) is 69.4 Å². The minimum Gasteiger partial charge on any atom is -0.307 e. The van der Waals surface area contributed by atoms with Gasteiger partial charge in [0.05, 0.1) is 17.6 Å². The van der Waals surface area contributed by atoms with Crippen molar-refractivity contribution in [2.45, 2.75) is 32.4 Å². The van der Waals surface area contributed by atoms with Gasteiger partial charge in [0.1, 0.15) is 0 Å². The third-order valence-electron chi connectivity index (χ3n) is 5.50. The minimum absolute atomic E-state index is 0.758. The molecule has 0 fully saturated rings. The van der Waals surface area contributed by atoms with Crippen molar-refractivity contribution in [1.82, 2.24) is 25.7 Å². The van der Waals surface area contributed by atoms with Crippen LogP contribution in [0.4, 0.5) is 0 Å². The van der Waals surface area contributed by atoms with Gasteiger partial charge in [0.25, 0.3) is 0 Å². The van der Waals surface area contributed by atoms with E-state index in [9.17, 15) is 0 Å². The number of fused-ring (bicyclic) bond motifs is 1. The van der Waals surface area contributed by atoms with Gasteiger partial charge in [0, 0.05) is 24.3 Å². The summed E-state index contributed by atoms with van der Waals surface area (Å²) in [6.45, 7) is 1.54. The summed E-state index contributed by atoms with van der Waals surface area (Å²) in [4.78, 5) is 0. The summed E-state index contributed by atoms with van der Waals surface area (Å²) in [6.07, 6.45) is 5.42. The monoisotopic (exact) mass is 369 g/mol. The standard InChI is InChI=1S/C23H23N5/c1-2-5-16(6-3-1)17-9-11-18(12-10-17)23-19(14-25-28-23)13-24-15-22-20-7-4-8-21(20)26-27-22/h1-3,5-6,9-12,14,24H,4,7-8,13,15H2,(H,25,28)(H,26,27). The summed E-state index contributed by atoms with van der Waals surface area (Å²) >= 11 is 0. The Hall–Kier alpha value is -3.18. The Labute approximate surface area is 164 Å². The van der Waals surface area contributed by atoms with E-state index >= 15 is 0 Å². The van der Waals surface area contributed by atoms with Crippen molar-refractivity contribution in [3.63, 3.8) is 0 Å². The fourth-order valence-corrected chi connectivity index (χ4v) is 4.00. The summed E-state index contributed by atoms with van der Waals surface area (Å²) in [7, 11) is 0. The Morgan fingerprint density at radius 3 is 2.46 bits per heavy atom. The Bertz CT molecular complexity index is 1060. The fraction of sp³-hybridized carbons (Fsp3) is 0.217. The molecule has 0 atom stereocenters. The lowest BCUT2D eigenvalue weighted by Crippen LogP contribution is -2.14. The first-order valence-corrected chi connectivity index (χ1v) is 9.82. The number of aryl methyl sites for hydroxylation is 1. The SMILES string of the molecule is c1ccc(-c2ccc(-c3[nH]ncc3CNCc3n[nH]c4c3CCC4)cc2)cc1. The first-order chi connectivity index (χ1) is 13.9. The maximum atomic E-state index is 4.46. The van der Waals surface area contributed by atoms with Crippen LogP contribution in [0.5, 0.6) is 0 Å². The molecule has 1 aliphatic carbocycles. The van der Waals surface area contributed by atoms with Crippen LogP contribution in [0.25, 0.3) is 22.4 Å². The van der Waals surface area contributed by atoms with Gasteiger partial charge in [-0.1, -0.05) is 54.6 Å². The summed E-state index contributed by atoms with van der Waals surface area (Å²) in [5, 5.41) is 18.6. The summed E-state index contributed by atoms with van der Waals surface area (Å²) in [5.74, 6) is 0. The van der Waals surface area contributed by atoms with E-state index in [1.807, 2.05) is 12.3 Å². The van der Waals surface area contributed by atoms with Gasteiger partial charge in [-0.15, -0.1) is 0 Å². The number of rotatable bonds is 6. The van der Waals surface area contributed by atoms with Crippen molar-refractivity contribution >= 4 is 0 Å². The fourth-order valence-electron chi connectivity index (χ4n) is 4.00. The summed E-state index contributed by atoms with van der Waals surface area (Å²) in [5.41, 5.74) is 9.72. The highest BCUT2D eigenvalue weighted by molar-refractivity contribution is 5.69. The average molecular weight is 369 g/mol. The lowest BCUT2D eigenvalue weighted by atomic mass is 10.0. The summed E-state index contributed by atoms with van der Waals surface area (Å²) < 4.78 is 0. The van der Waals surface area contributed by atoms with Gasteiger partial charge in [-0.2, -0.15) is 10.2 Å². The molecule has 2 aromatic carbocycles. The van der Waals surface area contributed by atoms with E-state index in [0.29, 0.717) is 0 Å². The van der Waals surface area contributed by atoms with Gasteiger partial charge in [0.15, 0.2) is 0 Å². The molecule has 140 valence electrons. The molecule has 0 spiro atoms. The predicted octanol–water partition coefficient (Wildman–Crippen LogP) is 4.25. The average Bonchev–Trinajstić information content (AvgIpc) is 3.47. The summed E-state index contributed by atoms with van der Waals surface area (Å²) in [6, 6.07) is 19.1. The molecular weight excluding hydrogens is 346 g/mol. The second-order valence-corrected chi connectivity index (χ2v) is 7.30. The molecule has 5 heteroatoms. The van der Waals surface area contributed by atoms with Crippen LogP contribution in [0.2, 0.25) is 0 Å². The third-order valence-corrected chi connectivity index (χ3v) is 5.50. The molecule has 5 rings (SSSR count). The number of aromatic amines is 2. The van der Waals surface area contributed by atoms with Crippen LogP contribution >= 0.6 is 0 Å². The number of aromatic nitrogens is 4. The van der Waals surface area contributed by atoms with Gasteiger partial charge in [-0.25, -0.2) is 0 Å². The number of nitrogens with one attached hydrogen (secondary N) is 3. The van der Waals surface area contributed by atoms with E-state index in [2.05, 4.69) is 74.2 Å². The van der Waals surface area contributed by atoms with Crippen molar-refractivity contribution < 1.29 is 0 Å². The highest BCUT2D eigenvalue weighted by atomic mass is 15.1. The Balaban J connectivity index is 1.28. The van der Waals surface area contributed by atoms with Crippen molar-refractivity contribution in [2.75, 3.05) is 0 Å². The Morgan fingerprint density at radius 2 is 1.61 bits per heavy atom. The van der Waals surface area contributed by atoms with Crippen LogP contribution in [0.15, 0.2) is 60.8 Å². The zero-order valence-electron chi connectivity index (χ0n) is 15.7. The van der Waals surface area contributed by atoms with E-state index in [4.69, 9.17) is 0 Å². The predicted molar refractivity (Wildman–Crippen MR) is 111 cm³/mol. The molecule has 0 saturated carbocycles. The smallest absolute Gasteiger partial charge is 0.0794 e. The largest absolute Gasteiger partial charge is 0.307 e.